The van der Waals surface area contributed by atoms with Gasteiger partial charge in [-0.15, -0.1) is 0 Å². The van der Waals surface area contributed by atoms with Gasteiger partial charge in [0.05, 0.1) is 18.1 Å². The van der Waals surface area contributed by atoms with E-state index in [-0.39, 0.29) is 16.6 Å². The van der Waals surface area contributed by atoms with E-state index >= 15 is 0 Å². The minimum absolute atomic E-state index is 0.110. The van der Waals surface area contributed by atoms with Gasteiger partial charge in [0.25, 0.3) is 5.69 Å². The summed E-state index contributed by atoms with van der Waals surface area (Å²) in [5.74, 6) is 6.37. The zero-order chi connectivity index (χ0) is 15.8. The molecule has 7 nitrogen and oxygen atoms in total. The molecule has 0 bridgehead atoms. The van der Waals surface area contributed by atoms with Crippen LogP contribution in [-0.2, 0) is 5.41 Å². The first-order valence-corrected chi connectivity index (χ1v) is 6.42. The molecule has 0 aliphatic carbocycles. The molecule has 7 heteroatoms. The first-order chi connectivity index (χ1) is 9.77. The number of aromatic nitrogens is 1. The number of nitrogens with two attached hydrogens (primary N) is 1. The van der Waals surface area contributed by atoms with E-state index in [1.807, 2.05) is 26.8 Å². The minimum atomic E-state index is -0.477. The van der Waals surface area contributed by atoms with Crippen molar-refractivity contribution in [2.75, 3.05) is 12.5 Å². The Labute approximate surface area is 122 Å². The van der Waals surface area contributed by atoms with E-state index in [9.17, 15) is 10.1 Å². The number of non-ortho nitro benzene ring substituents is 1. The molecule has 1 aromatic heterocycles. The maximum absolute atomic E-state index is 11.2. The third kappa shape index (κ3) is 2.73. The lowest BCUT2D eigenvalue weighted by Gasteiger charge is -2.22. The van der Waals surface area contributed by atoms with Gasteiger partial charge in [-0.05, 0) is 17.5 Å². The molecule has 0 amide bonds. The summed E-state index contributed by atoms with van der Waals surface area (Å²) in [4.78, 5) is 15.1. The molecule has 0 saturated carbocycles. The summed E-state index contributed by atoms with van der Waals surface area (Å²) in [6.45, 7) is 6.06. The highest BCUT2D eigenvalue weighted by Crippen LogP contribution is 2.36. The van der Waals surface area contributed by atoms with E-state index in [1.165, 1.54) is 13.2 Å². The lowest BCUT2D eigenvalue weighted by atomic mass is 9.86. The Morgan fingerprint density at radius 3 is 2.48 bits per heavy atom. The molecule has 0 atom stereocenters. The molecule has 2 aromatic rings. The van der Waals surface area contributed by atoms with Gasteiger partial charge in [-0.2, -0.15) is 0 Å². The van der Waals surface area contributed by atoms with E-state index in [0.29, 0.717) is 17.0 Å². The molecule has 0 unspecified atom stereocenters. The van der Waals surface area contributed by atoms with Crippen molar-refractivity contribution in [2.45, 2.75) is 26.2 Å². The Kier molecular flexibility index (Phi) is 3.69. The molecule has 112 valence electrons. The predicted octanol–water partition coefficient (Wildman–Crippen LogP) is 2.73. The first kappa shape index (κ1) is 15.0. The van der Waals surface area contributed by atoms with E-state index in [4.69, 9.17) is 10.6 Å². The van der Waals surface area contributed by atoms with Gasteiger partial charge in [0, 0.05) is 10.9 Å². The second-order valence-corrected chi connectivity index (χ2v) is 5.75. The Bertz CT molecular complexity index is 707. The molecule has 0 spiro atoms. The second kappa shape index (κ2) is 5.17. The predicted molar refractivity (Wildman–Crippen MR) is 81.5 cm³/mol. The quantitative estimate of drug-likeness (QED) is 0.512. The molecule has 0 aliphatic rings. The van der Waals surface area contributed by atoms with Gasteiger partial charge in [0.2, 0.25) is 0 Å². The number of fused-ring (bicyclic) bond motifs is 1. The summed E-state index contributed by atoms with van der Waals surface area (Å²) in [6.07, 6.45) is 0. The van der Waals surface area contributed by atoms with Crippen LogP contribution in [0.15, 0.2) is 18.2 Å². The Hall–Kier alpha value is -2.41. The van der Waals surface area contributed by atoms with Crippen molar-refractivity contribution in [3.05, 3.63) is 33.9 Å². The van der Waals surface area contributed by atoms with Gasteiger partial charge < -0.3 is 10.2 Å². The maximum atomic E-state index is 11.2. The van der Waals surface area contributed by atoms with Crippen LogP contribution in [0.25, 0.3) is 10.9 Å². The maximum Gasteiger partial charge on any atom is 0.299 e. The number of nitro benzene ring substituents is 1. The molecule has 0 aliphatic heterocycles. The fraction of sp³-hybridized carbons (Fsp3) is 0.357. The summed E-state index contributed by atoms with van der Waals surface area (Å²) in [7, 11) is 1.47. The zero-order valence-electron chi connectivity index (χ0n) is 12.4. The lowest BCUT2D eigenvalue weighted by molar-refractivity contribution is -0.383. The highest BCUT2D eigenvalue weighted by Gasteiger charge is 2.23. The number of nitrogen functional groups attached to an aromatic ring is 1. The van der Waals surface area contributed by atoms with Crippen LogP contribution in [0.3, 0.4) is 0 Å². The molecule has 1 aromatic carbocycles. The van der Waals surface area contributed by atoms with Crippen LogP contribution in [0.4, 0.5) is 11.5 Å². The van der Waals surface area contributed by atoms with Crippen molar-refractivity contribution in [2.24, 2.45) is 5.84 Å². The van der Waals surface area contributed by atoms with E-state index < -0.39 is 4.92 Å². The molecular formula is C14H18N4O3. The molecule has 1 heterocycles. The minimum Gasteiger partial charge on any atom is -0.496 e. The van der Waals surface area contributed by atoms with Crippen molar-refractivity contribution in [1.82, 2.24) is 4.98 Å². The van der Waals surface area contributed by atoms with Crippen LogP contribution >= 0.6 is 0 Å². The van der Waals surface area contributed by atoms with E-state index in [1.54, 1.807) is 6.07 Å². The third-order valence-corrected chi connectivity index (χ3v) is 3.25. The van der Waals surface area contributed by atoms with Gasteiger partial charge in [0.15, 0.2) is 5.52 Å². The molecule has 0 saturated heterocycles. The second-order valence-electron chi connectivity index (χ2n) is 5.75. The van der Waals surface area contributed by atoms with Gasteiger partial charge in [-0.3, -0.25) is 10.1 Å². The fourth-order valence-electron chi connectivity index (χ4n) is 2.18. The van der Waals surface area contributed by atoms with Crippen LogP contribution in [0.2, 0.25) is 0 Å². The summed E-state index contributed by atoms with van der Waals surface area (Å²) >= 11 is 0. The number of hydrogen-bond donors (Lipinski definition) is 2. The number of rotatable bonds is 3. The molecule has 21 heavy (non-hydrogen) atoms. The number of pyridine rings is 1. The lowest BCUT2D eigenvalue weighted by Crippen LogP contribution is -2.19. The normalized spacial score (nSPS) is 11.5. The Morgan fingerprint density at radius 1 is 1.33 bits per heavy atom. The van der Waals surface area contributed by atoms with Gasteiger partial charge in [-0.25, -0.2) is 10.8 Å². The number of ether oxygens (including phenoxy) is 1. The first-order valence-electron chi connectivity index (χ1n) is 6.42. The van der Waals surface area contributed by atoms with Crippen molar-refractivity contribution in [3.8, 4) is 5.75 Å². The SMILES string of the molecule is COc1cc([N+](=O)[O-])c2nc(NN)c(C(C)(C)C)cc2c1. The zero-order valence-corrected chi connectivity index (χ0v) is 12.4. The molecule has 0 radical (unpaired) electrons. The molecule has 2 rings (SSSR count). The number of anilines is 1. The topological polar surface area (TPSA) is 103 Å². The number of hydrogen-bond acceptors (Lipinski definition) is 6. The van der Waals surface area contributed by atoms with E-state index in [2.05, 4.69) is 10.4 Å². The third-order valence-electron chi connectivity index (χ3n) is 3.25. The van der Waals surface area contributed by atoms with Gasteiger partial charge in [-0.1, -0.05) is 20.8 Å². The summed E-state index contributed by atoms with van der Waals surface area (Å²) in [5.41, 5.74) is 3.36. The smallest absolute Gasteiger partial charge is 0.299 e. The highest BCUT2D eigenvalue weighted by molar-refractivity contribution is 5.91. The largest absolute Gasteiger partial charge is 0.496 e. The number of nitrogens with one attached hydrogen (secondary N) is 1. The number of methoxy groups -OCH3 is 1. The van der Waals surface area contributed by atoms with Crippen molar-refractivity contribution >= 4 is 22.4 Å². The number of nitrogens with zero attached hydrogens (tertiary/aromatic N) is 2. The van der Waals surface area contributed by atoms with Gasteiger partial charge >= 0.3 is 0 Å². The Morgan fingerprint density at radius 2 is 2.00 bits per heavy atom. The molecule has 0 fully saturated rings. The highest BCUT2D eigenvalue weighted by atomic mass is 16.6. The van der Waals surface area contributed by atoms with Crippen LogP contribution in [0, 0.1) is 10.1 Å². The fourth-order valence-corrected chi connectivity index (χ4v) is 2.18. The Balaban J connectivity index is 2.86. The summed E-state index contributed by atoms with van der Waals surface area (Å²) in [5, 5.41) is 11.9. The van der Waals surface area contributed by atoms with Crippen molar-refractivity contribution in [1.29, 1.82) is 0 Å². The van der Waals surface area contributed by atoms with Crippen LogP contribution in [0.1, 0.15) is 26.3 Å². The monoisotopic (exact) mass is 290 g/mol. The van der Waals surface area contributed by atoms with Gasteiger partial charge in [0.1, 0.15) is 11.6 Å². The number of nitro groups is 1. The van der Waals surface area contributed by atoms with Crippen molar-refractivity contribution < 1.29 is 9.66 Å². The molecular weight excluding hydrogens is 272 g/mol. The van der Waals surface area contributed by atoms with Crippen molar-refractivity contribution in [3.63, 3.8) is 0 Å². The van der Waals surface area contributed by atoms with E-state index in [0.717, 1.165) is 5.56 Å². The molecule has 3 N–H and O–H groups in total. The van der Waals surface area contributed by atoms with Crippen LogP contribution in [0.5, 0.6) is 5.75 Å². The standard InChI is InChI=1S/C14H18N4O3/c1-14(2,3)10-6-8-5-9(21-4)7-11(18(19)20)12(8)16-13(10)17-15/h5-7H,15H2,1-4H3,(H,16,17). The average molecular weight is 290 g/mol. The summed E-state index contributed by atoms with van der Waals surface area (Å²) in [6, 6.07) is 4.93. The number of benzene rings is 1. The number of hydrazine groups is 1. The van der Waals surface area contributed by atoms with Crippen LogP contribution in [-0.4, -0.2) is 17.0 Å². The average Bonchev–Trinajstić information content (AvgIpc) is 2.43. The summed E-state index contributed by atoms with van der Waals surface area (Å²) < 4.78 is 5.12. The van der Waals surface area contributed by atoms with Crippen LogP contribution < -0.4 is 16.0 Å².